The van der Waals surface area contributed by atoms with E-state index in [0.29, 0.717) is 5.92 Å². The van der Waals surface area contributed by atoms with Crippen LogP contribution in [0.3, 0.4) is 0 Å². The zero-order chi connectivity index (χ0) is 30.5. The second-order valence-corrected chi connectivity index (χ2v) is 11.9. The molecule has 3 heteroatoms. The van der Waals surface area contributed by atoms with E-state index in [-0.39, 0.29) is 25.5 Å². The molecule has 0 amide bonds. The zero-order valence-electron chi connectivity index (χ0n) is 26.1. The maximum Gasteiger partial charge on any atom is 0.0185 e. The Labute approximate surface area is 281 Å². The molecule has 0 unspecified atom stereocenters. The number of fused-ring (bicyclic) bond motifs is 1. The minimum Gasteiger partial charge on any atom is -0.305 e. The monoisotopic (exact) mass is 761 g/mol. The molecule has 4 aromatic carbocycles. The molecule has 225 valence electrons. The average Bonchev–Trinajstić information content (AvgIpc) is 3.36. The minimum absolute atomic E-state index is 0. The Kier molecular flexibility index (Phi) is 10.0. The normalized spacial score (nSPS) is 12.8. The molecule has 1 aliphatic rings. The number of benzene rings is 4. The van der Waals surface area contributed by atoms with Gasteiger partial charge in [-0.2, -0.15) is 0 Å². The van der Waals surface area contributed by atoms with Crippen molar-refractivity contribution in [3.63, 3.8) is 0 Å². The topological polar surface area (TPSA) is 25.8 Å². The van der Waals surface area contributed by atoms with E-state index in [1.165, 1.54) is 39.0 Å². The summed E-state index contributed by atoms with van der Waals surface area (Å²) in [5.41, 5.74) is 12.8. The number of rotatable bonds is 5. The Morgan fingerprint density at radius 3 is 1.96 bits per heavy atom. The minimum atomic E-state index is -0.121. The standard InChI is InChI=1S/C31H28N.C11H8N.Ir/c1-21(2)24-15-16-32-29(20-24)25-17-26-19-28(23-13-9-6-10-14-23)31(3,4)30(26)27(18-25)22-11-7-5-8-12-22;1-2-6-10(7-3-1)11-8-4-5-9-12-11;/h5-16,18-21H,1-4H3;1-6,8-9H;/q2*-1;. The molecule has 1 aliphatic carbocycles. The van der Waals surface area contributed by atoms with Gasteiger partial charge in [-0.1, -0.05) is 129 Å². The van der Waals surface area contributed by atoms with Gasteiger partial charge in [0.2, 0.25) is 0 Å². The van der Waals surface area contributed by atoms with E-state index in [0.717, 1.165) is 22.5 Å². The number of allylic oxidation sites excluding steroid dienone is 1. The van der Waals surface area contributed by atoms with Gasteiger partial charge in [0.15, 0.2) is 0 Å². The maximum absolute atomic E-state index is 4.71. The Balaban J connectivity index is 0.000000258. The summed E-state index contributed by atoms with van der Waals surface area (Å²) in [5.74, 6) is 0.461. The summed E-state index contributed by atoms with van der Waals surface area (Å²) in [6.07, 6.45) is 6.03. The van der Waals surface area contributed by atoms with Crippen LogP contribution in [0.1, 0.15) is 55.9 Å². The summed E-state index contributed by atoms with van der Waals surface area (Å²) in [6.45, 7) is 9.10. The summed E-state index contributed by atoms with van der Waals surface area (Å²) in [7, 11) is 0. The fraction of sp³-hybridized carbons (Fsp3) is 0.143. The Hall–Kier alpha value is -4.43. The Morgan fingerprint density at radius 1 is 0.644 bits per heavy atom. The largest absolute Gasteiger partial charge is 0.305 e. The summed E-state index contributed by atoms with van der Waals surface area (Å²) in [6, 6.07) is 48.6. The molecular weight excluding hydrogens is 725 g/mol. The molecule has 0 spiro atoms. The molecule has 45 heavy (non-hydrogen) atoms. The first-order valence-corrected chi connectivity index (χ1v) is 15.2. The van der Waals surface area contributed by atoms with Crippen molar-refractivity contribution in [2.24, 2.45) is 0 Å². The van der Waals surface area contributed by atoms with Gasteiger partial charge in [-0.05, 0) is 45.8 Å². The summed E-state index contributed by atoms with van der Waals surface area (Å²) < 4.78 is 0. The molecule has 0 N–H and O–H groups in total. The van der Waals surface area contributed by atoms with Crippen LogP contribution in [0.15, 0.2) is 134 Å². The molecule has 1 radical (unpaired) electrons. The predicted molar refractivity (Wildman–Crippen MR) is 184 cm³/mol. The third-order valence-corrected chi connectivity index (χ3v) is 8.23. The van der Waals surface area contributed by atoms with Gasteiger partial charge < -0.3 is 4.98 Å². The quantitative estimate of drug-likeness (QED) is 0.164. The van der Waals surface area contributed by atoms with Crippen LogP contribution in [0.2, 0.25) is 0 Å². The molecule has 0 fully saturated rings. The van der Waals surface area contributed by atoms with E-state index < -0.39 is 0 Å². The third kappa shape index (κ3) is 6.96. The van der Waals surface area contributed by atoms with Crippen molar-refractivity contribution in [3.05, 3.63) is 168 Å². The molecule has 6 aromatic rings. The molecule has 0 aliphatic heterocycles. The van der Waals surface area contributed by atoms with Crippen molar-refractivity contribution in [1.29, 1.82) is 0 Å². The van der Waals surface area contributed by atoms with Crippen molar-refractivity contribution in [1.82, 2.24) is 9.97 Å². The number of pyridine rings is 2. The first kappa shape index (κ1) is 32.0. The van der Waals surface area contributed by atoms with Gasteiger partial charge in [-0.15, -0.1) is 59.7 Å². The molecular formula is C42H36IrN2-2. The second kappa shape index (κ2) is 14.1. The molecule has 0 saturated heterocycles. The number of nitrogens with zero attached hydrogens (tertiary/aromatic N) is 2. The van der Waals surface area contributed by atoms with Gasteiger partial charge in [0, 0.05) is 38.2 Å². The SMILES string of the molecule is CC(C)c1ccnc(-c2[c-]c3c(c(-c4ccccc4)c2)C(C)(C)C(c2ccccc2)=C3)c1.[Ir].[c-]1ccccc1-c1ccccn1. The maximum atomic E-state index is 4.71. The van der Waals surface area contributed by atoms with Gasteiger partial charge in [0.1, 0.15) is 0 Å². The smallest absolute Gasteiger partial charge is 0.0185 e. The van der Waals surface area contributed by atoms with Crippen LogP contribution in [0, 0.1) is 12.1 Å². The average molecular weight is 761 g/mol. The fourth-order valence-corrected chi connectivity index (χ4v) is 5.92. The van der Waals surface area contributed by atoms with Crippen LogP contribution in [0.5, 0.6) is 0 Å². The van der Waals surface area contributed by atoms with Gasteiger partial charge in [-0.3, -0.25) is 4.98 Å². The predicted octanol–water partition coefficient (Wildman–Crippen LogP) is 10.7. The van der Waals surface area contributed by atoms with Crippen molar-refractivity contribution in [3.8, 4) is 33.6 Å². The Bertz CT molecular complexity index is 1840. The molecule has 0 bridgehead atoms. The first-order chi connectivity index (χ1) is 21.4. The van der Waals surface area contributed by atoms with Crippen LogP contribution < -0.4 is 0 Å². The van der Waals surface area contributed by atoms with Crippen molar-refractivity contribution in [2.45, 2.75) is 39.0 Å². The first-order valence-electron chi connectivity index (χ1n) is 15.2. The number of hydrogen-bond donors (Lipinski definition) is 0. The summed E-state index contributed by atoms with van der Waals surface area (Å²) in [5, 5.41) is 0. The molecule has 2 aromatic heterocycles. The van der Waals surface area contributed by atoms with Gasteiger partial charge in [0.25, 0.3) is 0 Å². The van der Waals surface area contributed by atoms with Crippen LogP contribution in [-0.2, 0) is 25.5 Å². The van der Waals surface area contributed by atoms with Gasteiger partial charge >= 0.3 is 0 Å². The number of hydrogen-bond acceptors (Lipinski definition) is 2. The van der Waals surface area contributed by atoms with E-state index in [1.54, 1.807) is 6.20 Å². The molecule has 0 saturated carbocycles. The van der Waals surface area contributed by atoms with E-state index in [9.17, 15) is 0 Å². The third-order valence-electron chi connectivity index (χ3n) is 8.23. The number of aromatic nitrogens is 2. The van der Waals surface area contributed by atoms with E-state index >= 15 is 0 Å². The van der Waals surface area contributed by atoms with Crippen LogP contribution in [0.4, 0.5) is 0 Å². The van der Waals surface area contributed by atoms with Gasteiger partial charge in [0.05, 0.1) is 0 Å². The van der Waals surface area contributed by atoms with Crippen molar-refractivity contribution < 1.29 is 20.1 Å². The summed E-state index contributed by atoms with van der Waals surface area (Å²) >= 11 is 0. The van der Waals surface area contributed by atoms with E-state index in [4.69, 9.17) is 4.98 Å². The Morgan fingerprint density at radius 2 is 1.31 bits per heavy atom. The van der Waals surface area contributed by atoms with E-state index in [1.807, 2.05) is 48.7 Å². The molecule has 0 atom stereocenters. The van der Waals surface area contributed by atoms with Crippen molar-refractivity contribution >= 4 is 11.6 Å². The molecule has 2 heterocycles. The van der Waals surface area contributed by atoms with Gasteiger partial charge in [-0.25, -0.2) is 0 Å². The molecule has 2 nitrogen and oxygen atoms in total. The zero-order valence-corrected chi connectivity index (χ0v) is 28.5. The second-order valence-electron chi connectivity index (χ2n) is 11.9. The summed E-state index contributed by atoms with van der Waals surface area (Å²) in [4.78, 5) is 8.93. The fourth-order valence-electron chi connectivity index (χ4n) is 5.92. The van der Waals surface area contributed by atoms with Crippen LogP contribution in [-0.4, -0.2) is 9.97 Å². The van der Waals surface area contributed by atoms with Crippen LogP contribution >= 0.6 is 0 Å². The van der Waals surface area contributed by atoms with Crippen molar-refractivity contribution in [2.75, 3.05) is 0 Å². The van der Waals surface area contributed by atoms with E-state index in [2.05, 4.69) is 130 Å². The van der Waals surface area contributed by atoms with Crippen LogP contribution in [0.25, 0.3) is 45.3 Å². The molecule has 7 rings (SSSR count).